The maximum atomic E-state index is 12.5. The smallest absolute Gasteiger partial charge is 0.253 e. The molecule has 2 heterocycles. The maximum absolute atomic E-state index is 12.5. The maximum Gasteiger partial charge on any atom is 0.253 e. The Morgan fingerprint density at radius 1 is 0.885 bits per heavy atom. The van der Waals surface area contributed by atoms with Crippen molar-refractivity contribution >= 4 is 17.8 Å². The molecule has 0 aromatic heterocycles. The summed E-state index contributed by atoms with van der Waals surface area (Å²) in [6.45, 7) is 3.99. The molecule has 2 aliphatic rings. The van der Waals surface area contributed by atoms with Gasteiger partial charge in [-0.05, 0) is 49.8 Å². The highest BCUT2D eigenvalue weighted by Crippen LogP contribution is 2.14. The number of carbonyl (C=O) groups is 1. The van der Waals surface area contributed by atoms with Crippen molar-refractivity contribution in [2.24, 2.45) is 21.5 Å². The summed E-state index contributed by atoms with van der Waals surface area (Å²) in [6.07, 6.45) is 5.68. The average Bonchev–Trinajstić information content (AvgIpc) is 3.22. The Kier molecular flexibility index (Phi) is 6.09. The highest BCUT2D eigenvalue weighted by molar-refractivity contribution is 5.94. The number of likely N-dealkylation sites (tertiary alicyclic amines) is 2. The van der Waals surface area contributed by atoms with Crippen molar-refractivity contribution in [3.63, 3.8) is 0 Å². The first-order valence-corrected chi connectivity index (χ1v) is 9.41. The molecular formula is C19H28N6O. The lowest BCUT2D eigenvalue weighted by Gasteiger charge is -2.26. The molecule has 0 bridgehead atoms. The van der Waals surface area contributed by atoms with Crippen LogP contribution in [0.25, 0.3) is 0 Å². The number of nitrogens with two attached hydrogens (primary N) is 2. The van der Waals surface area contributed by atoms with Gasteiger partial charge in [-0.1, -0.05) is 12.1 Å². The first-order chi connectivity index (χ1) is 12.6. The second-order valence-corrected chi connectivity index (χ2v) is 6.89. The van der Waals surface area contributed by atoms with Gasteiger partial charge in [0.15, 0.2) is 5.96 Å². The molecule has 2 saturated heterocycles. The molecule has 0 saturated carbocycles. The van der Waals surface area contributed by atoms with Gasteiger partial charge in [0, 0.05) is 31.7 Å². The number of piperidine rings is 1. The van der Waals surface area contributed by atoms with Gasteiger partial charge in [-0.25, -0.2) is 4.99 Å². The molecule has 0 spiro atoms. The standard InChI is InChI=1S/C19H28N6O/c20-18(23-19(21)25-12-4-5-13-25)22-14-15-6-8-16(9-7-15)17(26)24-10-2-1-3-11-24/h6-9H,1-5,10-14H2,(H4,20,21,22,23). The van der Waals surface area contributed by atoms with E-state index in [9.17, 15) is 4.79 Å². The molecule has 0 aliphatic carbocycles. The number of amides is 1. The largest absolute Gasteiger partial charge is 0.369 e. The van der Waals surface area contributed by atoms with Crippen molar-refractivity contribution in [1.82, 2.24) is 9.80 Å². The lowest BCUT2D eigenvalue weighted by Crippen LogP contribution is -2.36. The molecule has 7 heteroatoms. The Balaban J connectivity index is 1.56. The number of benzene rings is 1. The Morgan fingerprint density at radius 3 is 2.12 bits per heavy atom. The van der Waals surface area contributed by atoms with Crippen molar-refractivity contribution in [3.05, 3.63) is 35.4 Å². The number of carbonyl (C=O) groups excluding carboxylic acids is 1. The van der Waals surface area contributed by atoms with E-state index in [1.165, 1.54) is 6.42 Å². The zero-order valence-corrected chi connectivity index (χ0v) is 15.2. The predicted octanol–water partition coefficient (Wildman–Crippen LogP) is 1.54. The fourth-order valence-electron chi connectivity index (χ4n) is 3.37. The van der Waals surface area contributed by atoms with Crippen molar-refractivity contribution in [2.75, 3.05) is 26.2 Å². The van der Waals surface area contributed by atoms with Crippen LogP contribution in [0.1, 0.15) is 48.0 Å². The summed E-state index contributed by atoms with van der Waals surface area (Å²) < 4.78 is 0. The van der Waals surface area contributed by atoms with Gasteiger partial charge >= 0.3 is 0 Å². The first kappa shape index (κ1) is 18.2. The van der Waals surface area contributed by atoms with E-state index < -0.39 is 0 Å². The molecule has 3 rings (SSSR count). The summed E-state index contributed by atoms with van der Waals surface area (Å²) in [7, 11) is 0. The van der Waals surface area contributed by atoms with Crippen molar-refractivity contribution in [2.45, 2.75) is 38.6 Å². The summed E-state index contributed by atoms with van der Waals surface area (Å²) in [5, 5.41) is 0. The summed E-state index contributed by atoms with van der Waals surface area (Å²) in [6, 6.07) is 7.56. The Hall–Kier alpha value is -2.57. The highest BCUT2D eigenvalue weighted by atomic mass is 16.2. The Bertz CT molecular complexity index is 670. The number of rotatable bonds is 3. The quantitative estimate of drug-likeness (QED) is 0.634. The molecule has 26 heavy (non-hydrogen) atoms. The molecule has 1 aromatic rings. The number of aliphatic imine (C=N–C) groups is 2. The van der Waals surface area contributed by atoms with Gasteiger partial charge in [0.2, 0.25) is 5.96 Å². The first-order valence-electron chi connectivity index (χ1n) is 9.41. The number of guanidine groups is 2. The minimum absolute atomic E-state index is 0.113. The summed E-state index contributed by atoms with van der Waals surface area (Å²) in [5.74, 6) is 0.733. The van der Waals surface area contributed by atoms with Gasteiger partial charge < -0.3 is 21.3 Å². The van der Waals surface area contributed by atoms with Crippen molar-refractivity contribution in [1.29, 1.82) is 0 Å². The van der Waals surface area contributed by atoms with Crippen LogP contribution in [0.4, 0.5) is 0 Å². The van der Waals surface area contributed by atoms with Gasteiger partial charge in [-0.15, -0.1) is 0 Å². The van der Waals surface area contributed by atoms with E-state index in [-0.39, 0.29) is 11.9 Å². The van der Waals surface area contributed by atoms with Crippen LogP contribution >= 0.6 is 0 Å². The minimum atomic E-state index is 0.113. The van der Waals surface area contributed by atoms with Crippen LogP contribution in [0.3, 0.4) is 0 Å². The van der Waals surface area contributed by atoms with E-state index >= 15 is 0 Å². The summed E-state index contributed by atoms with van der Waals surface area (Å²) in [5.41, 5.74) is 13.5. The van der Waals surface area contributed by atoms with E-state index in [0.29, 0.717) is 12.5 Å². The fraction of sp³-hybridized carbons (Fsp3) is 0.526. The van der Waals surface area contributed by atoms with Gasteiger partial charge in [-0.2, -0.15) is 4.99 Å². The number of nitrogens with zero attached hydrogens (tertiary/aromatic N) is 4. The lowest BCUT2D eigenvalue weighted by molar-refractivity contribution is 0.0724. The lowest BCUT2D eigenvalue weighted by atomic mass is 10.1. The number of hydrogen-bond donors (Lipinski definition) is 2. The van der Waals surface area contributed by atoms with Crippen LogP contribution in [0.2, 0.25) is 0 Å². The van der Waals surface area contributed by atoms with Crippen LogP contribution < -0.4 is 11.5 Å². The SMILES string of the molecule is NC(=NCc1ccc(C(=O)N2CCCCC2)cc1)/N=C(\N)N1CCCC1. The normalized spacial score (nSPS) is 19.1. The van der Waals surface area contributed by atoms with E-state index in [0.717, 1.165) is 63.0 Å². The molecule has 4 N–H and O–H groups in total. The third-order valence-electron chi connectivity index (χ3n) is 4.93. The van der Waals surface area contributed by atoms with Crippen LogP contribution in [0.15, 0.2) is 34.3 Å². The topological polar surface area (TPSA) is 100 Å². The van der Waals surface area contributed by atoms with Crippen LogP contribution in [0, 0.1) is 0 Å². The van der Waals surface area contributed by atoms with Crippen LogP contribution in [0.5, 0.6) is 0 Å². The van der Waals surface area contributed by atoms with E-state index in [1.54, 1.807) is 0 Å². The summed E-state index contributed by atoms with van der Waals surface area (Å²) >= 11 is 0. The Labute approximate surface area is 154 Å². The van der Waals surface area contributed by atoms with Crippen molar-refractivity contribution in [3.8, 4) is 0 Å². The third kappa shape index (κ3) is 4.74. The van der Waals surface area contributed by atoms with E-state index in [2.05, 4.69) is 9.98 Å². The van der Waals surface area contributed by atoms with Gasteiger partial charge in [-0.3, -0.25) is 4.79 Å². The highest BCUT2D eigenvalue weighted by Gasteiger charge is 2.17. The molecule has 1 amide bonds. The van der Waals surface area contributed by atoms with Gasteiger partial charge in [0.1, 0.15) is 0 Å². The molecule has 2 aliphatic heterocycles. The molecule has 0 unspecified atom stereocenters. The predicted molar refractivity (Wildman–Crippen MR) is 104 cm³/mol. The summed E-state index contributed by atoms with van der Waals surface area (Å²) in [4.78, 5) is 24.9. The van der Waals surface area contributed by atoms with Gasteiger partial charge in [0.25, 0.3) is 5.91 Å². The second-order valence-electron chi connectivity index (χ2n) is 6.89. The molecule has 1 aromatic carbocycles. The van der Waals surface area contributed by atoms with E-state index in [1.807, 2.05) is 34.1 Å². The zero-order chi connectivity index (χ0) is 18.4. The third-order valence-corrected chi connectivity index (χ3v) is 4.93. The van der Waals surface area contributed by atoms with E-state index in [4.69, 9.17) is 11.5 Å². The minimum Gasteiger partial charge on any atom is -0.369 e. The monoisotopic (exact) mass is 356 g/mol. The van der Waals surface area contributed by atoms with Crippen LogP contribution in [-0.2, 0) is 6.54 Å². The molecule has 0 atom stereocenters. The van der Waals surface area contributed by atoms with Gasteiger partial charge in [0.05, 0.1) is 6.54 Å². The second kappa shape index (κ2) is 8.69. The fourth-order valence-corrected chi connectivity index (χ4v) is 3.37. The molecule has 140 valence electrons. The molecular weight excluding hydrogens is 328 g/mol. The average molecular weight is 356 g/mol. The molecule has 7 nitrogen and oxygen atoms in total. The Morgan fingerprint density at radius 2 is 1.46 bits per heavy atom. The molecule has 0 radical (unpaired) electrons. The molecule has 2 fully saturated rings. The van der Waals surface area contributed by atoms with Crippen LogP contribution in [-0.4, -0.2) is 53.8 Å². The zero-order valence-electron chi connectivity index (χ0n) is 15.2. The number of hydrogen-bond acceptors (Lipinski definition) is 2. The van der Waals surface area contributed by atoms with Crippen molar-refractivity contribution < 1.29 is 4.79 Å².